The van der Waals surface area contributed by atoms with Gasteiger partial charge in [0.25, 0.3) is 0 Å². The summed E-state index contributed by atoms with van der Waals surface area (Å²) in [5, 5.41) is 4.90. The lowest BCUT2D eigenvalue weighted by atomic mass is 9.93. The normalized spacial score (nSPS) is 12.8. The Bertz CT molecular complexity index is 3160. The van der Waals surface area contributed by atoms with E-state index in [1.54, 1.807) is 0 Å². The molecule has 0 unspecified atom stereocenters. The second-order valence-corrected chi connectivity index (χ2v) is 16.3. The summed E-state index contributed by atoms with van der Waals surface area (Å²) in [4.78, 5) is 4.81. The van der Waals surface area contributed by atoms with Gasteiger partial charge in [0, 0.05) is 40.1 Å². The summed E-state index contributed by atoms with van der Waals surface area (Å²) >= 11 is 0. The van der Waals surface area contributed by atoms with Crippen molar-refractivity contribution >= 4 is 61.1 Å². The molecule has 9 aromatic rings. The Balaban J connectivity index is 0.963. The molecule has 2 heteroatoms. The van der Waals surface area contributed by atoms with Gasteiger partial charge in [-0.1, -0.05) is 200 Å². The molecule has 1 aliphatic carbocycles. The van der Waals surface area contributed by atoms with Crippen molar-refractivity contribution in [2.45, 2.75) is 19.8 Å². The van der Waals surface area contributed by atoms with Crippen molar-refractivity contribution in [2.75, 3.05) is 16.3 Å². The highest BCUT2D eigenvalue weighted by Gasteiger charge is 2.18. The molecule has 0 aromatic heterocycles. The first kappa shape index (κ1) is 40.2. The summed E-state index contributed by atoms with van der Waals surface area (Å²) in [5.41, 5.74) is 15.4. The monoisotopic (exact) mass is 822 g/mol. The molecule has 0 saturated carbocycles. The van der Waals surface area contributed by atoms with Crippen molar-refractivity contribution in [2.24, 2.45) is 0 Å². The summed E-state index contributed by atoms with van der Waals surface area (Å²) in [6, 6.07) is 77.0. The van der Waals surface area contributed by atoms with Gasteiger partial charge < -0.3 is 9.80 Å². The number of allylic oxidation sites excluding steroid dienone is 7. The lowest BCUT2D eigenvalue weighted by Crippen LogP contribution is -2.17. The Morgan fingerprint density at radius 1 is 0.469 bits per heavy atom. The molecule has 0 atom stereocenters. The Labute approximate surface area is 377 Å². The summed E-state index contributed by atoms with van der Waals surface area (Å²) in [7, 11) is 0. The minimum atomic E-state index is 0.701. The lowest BCUT2D eigenvalue weighted by molar-refractivity contribution is 1.04. The second kappa shape index (κ2) is 18.6. The Morgan fingerprint density at radius 2 is 1.02 bits per heavy atom. The third-order valence-electron chi connectivity index (χ3n) is 12.4. The summed E-state index contributed by atoms with van der Waals surface area (Å²) in [5.74, 6) is 0. The fourth-order valence-electron chi connectivity index (χ4n) is 9.12. The van der Waals surface area contributed by atoms with Crippen LogP contribution in [-0.4, -0.2) is 6.54 Å². The number of benzene rings is 9. The van der Waals surface area contributed by atoms with Crippen molar-refractivity contribution in [3.8, 4) is 22.3 Å². The molecule has 0 saturated heterocycles. The van der Waals surface area contributed by atoms with Crippen LogP contribution < -0.4 is 9.80 Å². The predicted octanol–water partition coefficient (Wildman–Crippen LogP) is 17.3. The minimum absolute atomic E-state index is 0.701. The van der Waals surface area contributed by atoms with Gasteiger partial charge >= 0.3 is 0 Å². The summed E-state index contributed by atoms with van der Waals surface area (Å²) in [6.07, 6.45) is 15.9. The smallest absolute Gasteiger partial charge is 0.0540 e. The Hall–Kier alpha value is -7.94. The van der Waals surface area contributed by atoms with Crippen molar-refractivity contribution in [3.05, 3.63) is 260 Å². The number of hydrogen-bond donors (Lipinski definition) is 0. The maximum absolute atomic E-state index is 2.42. The van der Waals surface area contributed by atoms with E-state index >= 15 is 0 Å². The molecule has 0 aliphatic heterocycles. The molecule has 0 radical (unpaired) electrons. The zero-order valence-corrected chi connectivity index (χ0v) is 36.2. The van der Waals surface area contributed by atoms with Crippen molar-refractivity contribution in [1.82, 2.24) is 0 Å². The van der Waals surface area contributed by atoms with E-state index in [4.69, 9.17) is 0 Å². The van der Waals surface area contributed by atoms with E-state index < -0.39 is 0 Å². The number of rotatable bonds is 12. The third kappa shape index (κ3) is 8.34. The van der Waals surface area contributed by atoms with Crippen molar-refractivity contribution in [1.29, 1.82) is 0 Å². The summed E-state index contributed by atoms with van der Waals surface area (Å²) in [6.45, 7) is 2.84. The first-order valence-electron chi connectivity index (χ1n) is 22.4. The van der Waals surface area contributed by atoms with Gasteiger partial charge in [0.2, 0.25) is 0 Å². The third-order valence-corrected chi connectivity index (χ3v) is 12.4. The van der Waals surface area contributed by atoms with Crippen LogP contribution in [0.5, 0.6) is 0 Å². The molecule has 0 amide bonds. The zero-order valence-electron chi connectivity index (χ0n) is 36.2. The average Bonchev–Trinajstić information content (AvgIpc) is 3.38. The molecule has 0 fully saturated rings. The Kier molecular flexibility index (Phi) is 11.7. The number of anilines is 5. The molecule has 10 rings (SSSR count). The van der Waals surface area contributed by atoms with E-state index in [1.165, 1.54) is 71.8 Å². The lowest BCUT2D eigenvalue weighted by Gasteiger charge is -2.27. The van der Waals surface area contributed by atoms with Crippen LogP contribution in [0.3, 0.4) is 0 Å². The maximum atomic E-state index is 2.42. The fraction of sp³-hybridized carbons (Fsp3) is 0.0645. The highest BCUT2D eigenvalue weighted by molar-refractivity contribution is 6.00. The van der Waals surface area contributed by atoms with Gasteiger partial charge in [-0.15, -0.1) is 0 Å². The van der Waals surface area contributed by atoms with Crippen LogP contribution in [0, 0.1) is 0 Å². The second-order valence-electron chi connectivity index (χ2n) is 16.3. The molecule has 0 bridgehead atoms. The van der Waals surface area contributed by atoms with Crippen LogP contribution in [0.4, 0.5) is 28.4 Å². The topological polar surface area (TPSA) is 6.48 Å². The maximum Gasteiger partial charge on any atom is 0.0540 e. The number of nitrogens with zero attached hydrogens (tertiary/aromatic N) is 2. The molecular formula is C62H50N2. The van der Waals surface area contributed by atoms with Crippen LogP contribution in [0.1, 0.15) is 30.9 Å². The van der Waals surface area contributed by atoms with Crippen molar-refractivity contribution < 1.29 is 0 Å². The van der Waals surface area contributed by atoms with Gasteiger partial charge in [-0.25, -0.2) is 0 Å². The van der Waals surface area contributed by atoms with Crippen LogP contribution in [0.25, 0.3) is 54.9 Å². The van der Waals surface area contributed by atoms with Crippen LogP contribution in [0.2, 0.25) is 0 Å². The van der Waals surface area contributed by atoms with E-state index in [2.05, 4.69) is 266 Å². The molecule has 1 aliphatic rings. The van der Waals surface area contributed by atoms with Gasteiger partial charge in [0.05, 0.1) is 5.69 Å². The van der Waals surface area contributed by atoms with Crippen LogP contribution in [0.15, 0.2) is 249 Å². The summed E-state index contributed by atoms with van der Waals surface area (Å²) < 4.78 is 0. The van der Waals surface area contributed by atoms with Gasteiger partial charge in [-0.3, -0.25) is 0 Å². The van der Waals surface area contributed by atoms with E-state index in [0.29, 0.717) is 6.54 Å². The molecular weight excluding hydrogens is 773 g/mol. The highest BCUT2D eigenvalue weighted by Crippen LogP contribution is 2.41. The van der Waals surface area contributed by atoms with Crippen LogP contribution >= 0.6 is 0 Å². The van der Waals surface area contributed by atoms with E-state index in [1.807, 2.05) is 0 Å². The Morgan fingerprint density at radius 3 is 1.69 bits per heavy atom. The zero-order chi connectivity index (χ0) is 43.1. The SMILES string of the molecule is C/C=C(\C=C/CN(c1ccc(-c2ccccc2)cc1)c1cccc2ccccc12)c1ccccc1-c1ccc(N(c2ccc(C3=CCCC=C3)cc2)c2cccc3ccccc23)cc1. The first-order chi connectivity index (χ1) is 31.7. The largest absolute Gasteiger partial charge is 0.337 e. The minimum Gasteiger partial charge on any atom is -0.337 e. The number of hydrogen-bond acceptors (Lipinski definition) is 2. The van der Waals surface area contributed by atoms with Gasteiger partial charge in [0.15, 0.2) is 0 Å². The highest BCUT2D eigenvalue weighted by atomic mass is 15.1. The molecule has 2 nitrogen and oxygen atoms in total. The molecule has 0 heterocycles. The fourth-order valence-corrected chi connectivity index (χ4v) is 9.12. The average molecular weight is 823 g/mol. The quantitative estimate of drug-likeness (QED) is 0.113. The van der Waals surface area contributed by atoms with E-state index in [0.717, 1.165) is 35.6 Å². The van der Waals surface area contributed by atoms with E-state index in [-0.39, 0.29) is 0 Å². The van der Waals surface area contributed by atoms with Gasteiger partial charge in [-0.2, -0.15) is 0 Å². The first-order valence-corrected chi connectivity index (χ1v) is 22.4. The molecule has 0 N–H and O–H groups in total. The van der Waals surface area contributed by atoms with Crippen LogP contribution in [-0.2, 0) is 0 Å². The van der Waals surface area contributed by atoms with Gasteiger partial charge in [-0.05, 0) is 124 Å². The molecule has 64 heavy (non-hydrogen) atoms. The standard InChI is InChI=1S/C62H50N2/c1-2-46(26-17-45-63(61-31-15-24-51-22-9-11-29-59(51)61)54-39-33-49(34-40-54)47-18-5-3-6-19-47)57-27-13-14-28-58(57)53-37-43-56(44-38-53)64(62-32-16-25-52-23-10-12-30-60(52)62)55-41-35-50(36-42-55)48-20-7-4-8-21-48/h2-3,5-7,9-44H,4,8,45H2,1H3/b26-17-,46-2+. The molecule has 308 valence electrons. The molecule has 0 spiro atoms. The van der Waals surface area contributed by atoms with E-state index in [9.17, 15) is 0 Å². The number of fused-ring (bicyclic) bond motifs is 2. The van der Waals surface area contributed by atoms with Gasteiger partial charge in [0.1, 0.15) is 0 Å². The van der Waals surface area contributed by atoms with Crippen molar-refractivity contribution in [3.63, 3.8) is 0 Å². The molecule has 9 aromatic carbocycles. The predicted molar refractivity (Wildman–Crippen MR) is 276 cm³/mol.